The fraction of sp³-hybridized carbons (Fsp3) is 0.273. The third-order valence-electron chi connectivity index (χ3n) is 5.34. The van der Waals surface area contributed by atoms with Gasteiger partial charge in [0.2, 0.25) is 16.0 Å². The number of imidazole rings is 2. The molecule has 3 N–H and O–H groups in total. The number of anilines is 1. The van der Waals surface area contributed by atoms with E-state index in [0.29, 0.717) is 11.0 Å². The molecule has 0 aliphatic rings. The van der Waals surface area contributed by atoms with Crippen molar-refractivity contribution in [3.05, 3.63) is 54.9 Å². The van der Waals surface area contributed by atoms with Crippen molar-refractivity contribution in [2.75, 3.05) is 12.3 Å². The highest BCUT2D eigenvalue weighted by atomic mass is 32.2. The molecule has 1 atom stereocenters. The number of aliphatic hydroxyl groups excluding tert-OH is 1. The molecule has 8 nitrogen and oxygen atoms in total. The van der Waals surface area contributed by atoms with Crippen LogP contribution in [0.2, 0.25) is 0 Å². The summed E-state index contributed by atoms with van der Waals surface area (Å²) in [5.41, 5.74) is 10.1. The van der Waals surface area contributed by atoms with Crippen LogP contribution in [0.3, 0.4) is 0 Å². The van der Waals surface area contributed by atoms with E-state index in [0.717, 1.165) is 26.5 Å². The number of hydrogen-bond acceptors (Lipinski definition) is 6. The van der Waals surface area contributed by atoms with Crippen LogP contribution < -0.4 is 5.73 Å². The number of hydrogen-bond donors (Lipinski definition) is 2. The second-order valence-corrected chi connectivity index (χ2v) is 10.1. The first kappa shape index (κ1) is 21.1. The third kappa shape index (κ3) is 3.49. The number of nitrogens with zero attached hydrogens (tertiary/aromatic N) is 4. The van der Waals surface area contributed by atoms with Crippen molar-refractivity contribution in [1.82, 2.24) is 18.5 Å². The number of nitrogen functional groups attached to an aromatic ring is 1. The van der Waals surface area contributed by atoms with E-state index in [9.17, 15) is 13.5 Å². The maximum atomic E-state index is 12.9. The van der Waals surface area contributed by atoms with Gasteiger partial charge in [0.1, 0.15) is 0 Å². The molecule has 0 aliphatic carbocycles. The van der Waals surface area contributed by atoms with Crippen molar-refractivity contribution in [1.29, 1.82) is 0 Å². The Morgan fingerprint density at radius 2 is 1.77 bits per heavy atom. The average molecular weight is 440 g/mol. The van der Waals surface area contributed by atoms with Crippen molar-refractivity contribution in [2.45, 2.75) is 32.1 Å². The Morgan fingerprint density at radius 1 is 1.06 bits per heavy atom. The normalized spacial score (nSPS) is 13.2. The van der Waals surface area contributed by atoms with Crippen LogP contribution in [0.25, 0.3) is 33.5 Å². The van der Waals surface area contributed by atoms with Crippen molar-refractivity contribution in [3.63, 3.8) is 0 Å². The Morgan fingerprint density at radius 3 is 2.42 bits per heavy atom. The highest BCUT2D eigenvalue weighted by molar-refractivity contribution is 7.90. The van der Waals surface area contributed by atoms with Gasteiger partial charge in [0.05, 0.1) is 46.6 Å². The standard InChI is InChI=1S/C22H25N5O3S/c1-14(2)31(29,30)27-19-11-17(9-10-18(19)25-22(27)23)21-20(16-7-5-4-6-8-16)24-13-26(21)15(3)12-28/h4-11,13-15,28H,12H2,1-3H3,(H2,23,25). The Balaban J connectivity index is 2.01. The van der Waals surface area contributed by atoms with Crippen LogP contribution in [0.1, 0.15) is 26.8 Å². The summed E-state index contributed by atoms with van der Waals surface area (Å²) in [6.45, 7) is 5.04. The lowest BCUT2D eigenvalue weighted by Gasteiger charge is -2.16. The smallest absolute Gasteiger partial charge is 0.244 e. The highest BCUT2D eigenvalue weighted by Crippen LogP contribution is 2.35. The molecule has 0 bridgehead atoms. The van der Waals surface area contributed by atoms with Crippen LogP contribution in [0, 0.1) is 0 Å². The molecule has 162 valence electrons. The molecule has 0 amide bonds. The van der Waals surface area contributed by atoms with Gasteiger partial charge in [0.15, 0.2) is 0 Å². The van der Waals surface area contributed by atoms with Gasteiger partial charge in [-0.15, -0.1) is 0 Å². The molecule has 0 saturated heterocycles. The van der Waals surface area contributed by atoms with E-state index in [-0.39, 0.29) is 18.6 Å². The largest absolute Gasteiger partial charge is 0.394 e. The van der Waals surface area contributed by atoms with E-state index in [1.165, 1.54) is 0 Å². The topological polar surface area (TPSA) is 116 Å². The van der Waals surface area contributed by atoms with Crippen LogP contribution in [-0.2, 0) is 10.0 Å². The molecule has 0 spiro atoms. The maximum absolute atomic E-state index is 12.9. The van der Waals surface area contributed by atoms with Gasteiger partial charge < -0.3 is 15.4 Å². The maximum Gasteiger partial charge on any atom is 0.244 e. The predicted octanol–water partition coefficient (Wildman–Crippen LogP) is 3.29. The predicted molar refractivity (Wildman–Crippen MR) is 122 cm³/mol. The molecule has 2 aromatic heterocycles. The molecule has 0 aliphatic heterocycles. The molecule has 4 aromatic rings. The van der Waals surface area contributed by atoms with Crippen molar-refractivity contribution >= 4 is 27.0 Å². The number of benzene rings is 2. The minimum Gasteiger partial charge on any atom is -0.394 e. The van der Waals surface area contributed by atoms with Crippen molar-refractivity contribution < 1.29 is 13.5 Å². The first-order chi connectivity index (χ1) is 14.8. The van der Waals surface area contributed by atoms with E-state index in [1.54, 1.807) is 32.3 Å². The minimum atomic E-state index is -3.70. The Hall–Kier alpha value is -3.17. The zero-order valence-electron chi connectivity index (χ0n) is 17.6. The van der Waals surface area contributed by atoms with E-state index < -0.39 is 15.3 Å². The van der Waals surface area contributed by atoms with E-state index in [4.69, 9.17) is 5.73 Å². The molecule has 0 radical (unpaired) electrons. The molecule has 0 saturated carbocycles. The second kappa shape index (κ2) is 7.82. The number of fused-ring (bicyclic) bond motifs is 1. The summed E-state index contributed by atoms with van der Waals surface area (Å²) < 4.78 is 28.9. The van der Waals surface area contributed by atoms with Crippen LogP contribution in [0.5, 0.6) is 0 Å². The lowest BCUT2D eigenvalue weighted by Crippen LogP contribution is -2.23. The summed E-state index contributed by atoms with van der Waals surface area (Å²) in [7, 11) is -3.70. The molecular weight excluding hydrogens is 414 g/mol. The average Bonchev–Trinajstić information content (AvgIpc) is 3.34. The molecule has 2 aromatic carbocycles. The van der Waals surface area contributed by atoms with Gasteiger partial charge in [0.25, 0.3) is 0 Å². The van der Waals surface area contributed by atoms with Gasteiger partial charge in [-0.1, -0.05) is 36.4 Å². The van der Waals surface area contributed by atoms with Gasteiger partial charge in [-0.3, -0.25) is 0 Å². The van der Waals surface area contributed by atoms with E-state index in [1.807, 2.05) is 47.9 Å². The van der Waals surface area contributed by atoms with E-state index in [2.05, 4.69) is 9.97 Å². The van der Waals surface area contributed by atoms with Crippen molar-refractivity contribution in [3.8, 4) is 22.5 Å². The van der Waals surface area contributed by atoms with Crippen molar-refractivity contribution in [2.24, 2.45) is 0 Å². The van der Waals surface area contributed by atoms with Crippen LogP contribution in [-0.4, -0.2) is 43.9 Å². The summed E-state index contributed by atoms with van der Waals surface area (Å²) in [5.74, 6) is -0.0682. The molecule has 9 heteroatoms. The van der Waals surface area contributed by atoms with Gasteiger partial charge in [0, 0.05) is 11.1 Å². The summed E-state index contributed by atoms with van der Waals surface area (Å²) in [4.78, 5) is 8.84. The summed E-state index contributed by atoms with van der Waals surface area (Å²) in [5, 5.41) is 9.11. The summed E-state index contributed by atoms with van der Waals surface area (Å²) >= 11 is 0. The number of nitrogens with two attached hydrogens (primary N) is 1. The monoisotopic (exact) mass is 439 g/mol. The highest BCUT2D eigenvalue weighted by Gasteiger charge is 2.26. The Labute approximate surface area is 181 Å². The molecular formula is C22H25N5O3S. The number of aromatic nitrogens is 4. The number of aliphatic hydroxyl groups is 1. The molecule has 4 rings (SSSR count). The molecule has 1 unspecified atom stereocenters. The quantitative estimate of drug-likeness (QED) is 0.476. The van der Waals surface area contributed by atoms with Crippen LogP contribution in [0.15, 0.2) is 54.9 Å². The van der Waals surface area contributed by atoms with Crippen LogP contribution >= 0.6 is 0 Å². The summed E-state index contributed by atoms with van der Waals surface area (Å²) in [6.07, 6.45) is 1.69. The first-order valence-corrected chi connectivity index (χ1v) is 11.5. The molecule has 31 heavy (non-hydrogen) atoms. The summed E-state index contributed by atoms with van der Waals surface area (Å²) in [6, 6.07) is 14.9. The van der Waals surface area contributed by atoms with Gasteiger partial charge in [-0.25, -0.2) is 22.4 Å². The molecule has 2 heterocycles. The van der Waals surface area contributed by atoms with Gasteiger partial charge >= 0.3 is 0 Å². The SMILES string of the molecule is CC(CO)n1cnc(-c2ccccc2)c1-c1ccc2nc(N)n(S(=O)(=O)C(C)C)c2c1. The minimum absolute atomic E-state index is 0.0631. The number of rotatable bonds is 6. The second-order valence-electron chi connectivity index (χ2n) is 7.78. The Bertz CT molecular complexity index is 1340. The fourth-order valence-electron chi connectivity index (χ4n) is 3.57. The van der Waals surface area contributed by atoms with Crippen LogP contribution in [0.4, 0.5) is 5.95 Å². The third-order valence-corrected chi connectivity index (χ3v) is 7.43. The lowest BCUT2D eigenvalue weighted by atomic mass is 10.0. The van der Waals surface area contributed by atoms with Gasteiger partial charge in [-0.05, 0) is 32.9 Å². The van der Waals surface area contributed by atoms with Gasteiger partial charge in [-0.2, -0.15) is 0 Å². The van der Waals surface area contributed by atoms with E-state index >= 15 is 0 Å². The zero-order valence-corrected chi connectivity index (χ0v) is 18.4. The Kier molecular flexibility index (Phi) is 5.32. The lowest BCUT2D eigenvalue weighted by molar-refractivity contribution is 0.239. The molecule has 0 fully saturated rings. The zero-order chi connectivity index (χ0) is 22.3. The fourth-order valence-corrected chi connectivity index (χ4v) is 4.72. The first-order valence-electron chi connectivity index (χ1n) is 10.0.